The Kier molecular flexibility index (Phi) is 10.6. The maximum atomic E-state index is 13.8. The van der Waals surface area contributed by atoms with Crippen molar-refractivity contribution >= 4 is 50.9 Å². The molecule has 0 aliphatic rings. The van der Waals surface area contributed by atoms with Gasteiger partial charge in [-0.15, -0.1) is 0 Å². The fraction of sp³-hybridized carbons (Fsp3) is 0.440. The summed E-state index contributed by atoms with van der Waals surface area (Å²) in [6, 6.07) is 9.58. The average Bonchev–Trinajstić information content (AvgIpc) is 2.81. The van der Waals surface area contributed by atoms with Gasteiger partial charge in [0.15, 0.2) is 0 Å². The van der Waals surface area contributed by atoms with Gasteiger partial charge in [-0.25, -0.2) is 4.31 Å². The molecule has 0 fully saturated rings. The van der Waals surface area contributed by atoms with Crippen molar-refractivity contribution < 1.29 is 18.0 Å². The van der Waals surface area contributed by atoms with Crippen LogP contribution < -0.4 is 9.62 Å². The maximum Gasteiger partial charge on any atom is 0.304 e. The van der Waals surface area contributed by atoms with Crippen LogP contribution in [0.1, 0.15) is 37.0 Å². The molecule has 0 radical (unpaired) electrons. The highest BCUT2D eigenvalue weighted by Crippen LogP contribution is 2.27. The van der Waals surface area contributed by atoms with Gasteiger partial charge in [0.2, 0.25) is 11.8 Å². The molecule has 0 aliphatic heterocycles. The number of benzene rings is 2. The number of nitrogens with one attached hydrogen (secondary N) is 1. The quantitative estimate of drug-likeness (QED) is 0.449. The van der Waals surface area contributed by atoms with E-state index in [9.17, 15) is 18.0 Å². The Morgan fingerprint density at radius 1 is 1.00 bits per heavy atom. The second-order valence-electron chi connectivity index (χ2n) is 8.68. The van der Waals surface area contributed by atoms with Crippen molar-refractivity contribution in [3.05, 3.63) is 63.1 Å². The Bertz CT molecular complexity index is 1200. The van der Waals surface area contributed by atoms with Gasteiger partial charge in [0.1, 0.15) is 12.6 Å². The number of amides is 2. The van der Waals surface area contributed by atoms with E-state index < -0.39 is 28.7 Å². The van der Waals surface area contributed by atoms with Crippen LogP contribution in [0.25, 0.3) is 0 Å². The van der Waals surface area contributed by atoms with Gasteiger partial charge < -0.3 is 10.2 Å². The second kappa shape index (κ2) is 12.8. The maximum absolute atomic E-state index is 13.8. The number of carbonyl (C=O) groups is 2. The molecule has 0 spiro atoms. The zero-order chi connectivity index (χ0) is 27.2. The molecule has 0 bridgehead atoms. The van der Waals surface area contributed by atoms with Crippen LogP contribution in [0.15, 0.2) is 36.4 Å². The number of rotatable bonds is 11. The van der Waals surface area contributed by atoms with E-state index in [1.165, 1.54) is 19.0 Å². The minimum Gasteiger partial charge on any atom is -0.355 e. The standard InChI is InChI=1S/C25H34Cl2N4O4S/c1-7-22(25(33)28-8-2)30(15-19-11-12-20(26)21(27)14-19)24(32)16-31(36(34,35)29(5)6)23-13-17(3)9-10-18(23)4/h9-14,22H,7-8,15-16H2,1-6H3,(H,28,33). The van der Waals surface area contributed by atoms with Crippen LogP contribution >= 0.6 is 23.2 Å². The van der Waals surface area contributed by atoms with Crippen molar-refractivity contribution in [2.75, 3.05) is 31.5 Å². The summed E-state index contributed by atoms with van der Waals surface area (Å²) in [5, 5.41) is 3.46. The zero-order valence-corrected chi connectivity index (χ0v) is 23.8. The third-order valence-corrected chi connectivity index (χ3v) is 8.27. The normalized spacial score (nSPS) is 12.4. The molecule has 1 N–H and O–H groups in total. The lowest BCUT2D eigenvalue weighted by molar-refractivity contribution is -0.140. The highest BCUT2D eigenvalue weighted by Gasteiger charge is 2.34. The summed E-state index contributed by atoms with van der Waals surface area (Å²) in [5.41, 5.74) is 2.61. The van der Waals surface area contributed by atoms with Crippen molar-refractivity contribution in [2.45, 2.75) is 46.7 Å². The van der Waals surface area contributed by atoms with Crippen LogP contribution in [0.5, 0.6) is 0 Å². The summed E-state index contributed by atoms with van der Waals surface area (Å²) in [5.74, 6) is -0.840. The molecular weight excluding hydrogens is 523 g/mol. The van der Waals surface area contributed by atoms with Crippen LogP contribution in [0.3, 0.4) is 0 Å². The van der Waals surface area contributed by atoms with Crippen LogP contribution in [0.2, 0.25) is 10.0 Å². The van der Waals surface area contributed by atoms with E-state index in [0.29, 0.717) is 39.8 Å². The highest BCUT2D eigenvalue weighted by atomic mass is 35.5. The predicted octanol–water partition coefficient (Wildman–Crippen LogP) is 4.17. The minimum absolute atomic E-state index is 0.0496. The smallest absolute Gasteiger partial charge is 0.304 e. The van der Waals surface area contributed by atoms with E-state index in [-0.39, 0.29) is 12.5 Å². The topological polar surface area (TPSA) is 90.0 Å². The Labute approximate surface area is 224 Å². The molecule has 0 heterocycles. The molecule has 1 unspecified atom stereocenters. The molecule has 0 saturated heterocycles. The minimum atomic E-state index is -4.03. The van der Waals surface area contributed by atoms with Crippen LogP contribution in [0.4, 0.5) is 5.69 Å². The summed E-state index contributed by atoms with van der Waals surface area (Å²) in [4.78, 5) is 28.1. The zero-order valence-electron chi connectivity index (χ0n) is 21.5. The first-order chi connectivity index (χ1) is 16.8. The Balaban J connectivity index is 2.57. The van der Waals surface area contributed by atoms with Gasteiger partial charge in [-0.05, 0) is 62.1 Å². The van der Waals surface area contributed by atoms with Crippen molar-refractivity contribution in [2.24, 2.45) is 0 Å². The fourth-order valence-electron chi connectivity index (χ4n) is 3.74. The van der Waals surface area contributed by atoms with Gasteiger partial charge in [-0.2, -0.15) is 12.7 Å². The van der Waals surface area contributed by atoms with E-state index in [1.807, 2.05) is 19.1 Å². The third-order valence-electron chi connectivity index (χ3n) is 5.73. The summed E-state index contributed by atoms with van der Waals surface area (Å²) in [7, 11) is -1.20. The summed E-state index contributed by atoms with van der Waals surface area (Å²) >= 11 is 12.2. The fourth-order valence-corrected chi connectivity index (χ4v) is 5.17. The number of carbonyl (C=O) groups excluding carboxylic acids is 2. The molecule has 2 aromatic carbocycles. The SMILES string of the molecule is CCNC(=O)C(CC)N(Cc1ccc(Cl)c(Cl)c1)C(=O)CN(c1cc(C)ccc1C)S(=O)(=O)N(C)C. The van der Waals surface area contributed by atoms with E-state index in [4.69, 9.17) is 23.2 Å². The molecule has 36 heavy (non-hydrogen) atoms. The van der Waals surface area contributed by atoms with Gasteiger partial charge in [0, 0.05) is 27.2 Å². The number of aryl methyl sites for hydroxylation is 2. The molecule has 8 nitrogen and oxygen atoms in total. The van der Waals surface area contributed by atoms with Crippen LogP contribution in [-0.2, 0) is 26.3 Å². The summed E-state index contributed by atoms with van der Waals surface area (Å²) in [6.45, 7) is 7.19. The number of halogens is 2. The van der Waals surface area contributed by atoms with Crippen molar-refractivity contribution in [1.82, 2.24) is 14.5 Å². The lowest BCUT2D eigenvalue weighted by Gasteiger charge is -2.34. The predicted molar refractivity (Wildman–Crippen MR) is 146 cm³/mol. The van der Waals surface area contributed by atoms with E-state index in [0.717, 1.165) is 14.2 Å². The first-order valence-electron chi connectivity index (χ1n) is 11.6. The summed E-state index contributed by atoms with van der Waals surface area (Å²) < 4.78 is 28.8. The molecule has 2 aromatic rings. The van der Waals surface area contributed by atoms with Gasteiger partial charge in [0.05, 0.1) is 15.7 Å². The molecule has 1 atom stereocenters. The van der Waals surface area contributed by atoms with Crippen molar-refractivity contribution in [3.63, 3.8) is 0 Å². The Hall–Kier alpha value is -2.33. The van der Waals surface area contributed by atoms with E-state index in [2.05, 4.69) is 5.32 Å². The Morgan fingerprint density at radius 3 is 2.22 bits per heavy atom. The van der Waals surface area contributed by atoms with E-state index >= 15 is 0 Å². The monoisotopic (exact) mass is 556 g/mol. The number of hydrogen-bond donors (Lipinski definition) is 1. The molecule has 2 rings (SSSR count). The molecule has 11 heteroatoms. The molecule has 0 aromatic heterocycles. The first-order valence-corrected chi connectivity index (χ1v) is 13.8. The third kappa shape index (κ3) is 7.12. The largest absolute Gasteiger partial charge is 0.355 e. The average molecular weight is 558 g/mol. The molecule has 198 valence electrons. The summed E-state index contributed by atoms with van der Waals surface area (Å²) in [6.07, 6.45) is 0.336. The van der Waals surface area contributed by atoms with Gasteiger partial charge in [-0.1, -0.05) is 48.3 Å². The number of anilines is 1. The Morgan fingerprint density at radius 2 is 1.67 bits per heavy atom. The van der Waals surface area contributed by atoms with Crippen molar-refractivity contribution in [1.29, 1.82) is 0 Å². The number of nitrogens with zero attached hydrogens (tertiary/aromatic N) is 3. The molecule has 0 saturated carbocycles. The lowest BCUT2D eigenvalue weighted by atomic mass is 10.1. The molecule has 2 amide bonds. The van der Waals surface area contributed by atoms with Gasteiger partial charge in [-0.3, -0.25) is 9.59 Å². The van der Waals surface area contributed by atoms with Crippen LogP contribution in [-0.4, -0.2) is 62.7 Å². The molecule has 0 aliphatic carbocycles. The second-order valence-corrected chi connectivity index (χ2v) is 11.6. The first kappa shape index (κ1) is 29.9. The molecular formula is C25H34Cl2N4O4S. The van der Waals surface area contributed by atoms with E-state index in [1.54, 1.807) is 45.0 Å². The van der Waals surface area contributed by atoms with Gasteiger partial charge in [0.25, 0.3) is 0 Å². The highest BCUT2D eigenvalue weighted by molar-refractivity contribution is 7.90. The number of hydrogen-bond acceptors (Lipinski definition) is 4. The van der Waals surface area contributed by atoms with Gasteiger partial charge >= 0.3 is 10.2 Å². The van der Waals surface area contributed by atoms with Crippen molar-refractivity contribution in [3.8, 4) is 0 Å². The lowest BCUT2D eigenvalue weighted by Crippen LogP contribution is -2.53. The number of likely N-dealkylation sites (N-methyl/N-ethyl adjacent to an activating group) is 1. The van der Waals surface area contributed by atoms with Crippen LogP contribution in [0, 0.1) is 13.8 Å².